The molecular formula is C91H98Cl5N21O11S4. The zero-order valence-corrected chi connectivity index (χ0v) is 80.5. The van der Waals surface area contributed by atoms with Crippen molar-refractivity contribution < 1.29 is 34.1 Å². The molecule has 132 heavy (non-hydrogen) atoms. The molecule has 0 bridgehead atoms. The smallest absolute Gasteiger partial charge is 0.271 e. The fourth-order valence-corrected chi connectivity index (χ4v) is 16.9. The number of aliphatic hydroxyl groups excluding tert-OH is 2. The van der Waals surface area contributed by atoms with Gasteiger partial charge >= 0.3 is 0 Å². The number of carbonyl (C=O) groups is 4. The molecule has 4 aromatic heterocycles. The van der Waals surface area contributed by atoms with Crippen molar-refractivity contribution >= 4 is 223 Å². The summed E-state index contributed by atoms with van der Waals surface area (Å²) in [5.74, 6) is -0.378. The lowest BCUT2D eigenvalue weighted by Crippen LogP contribution is -2.27. The number of ether oxygens (including phenoxy) is 1. The molecule has 22 N–H and O–H groups in total. The summed E-state index contributed by atoms with van der Waals surface area (Å²) in [5.41, 5.74) is 35.4. The third-order valence-corrected chi connectivity index (χ3v) is 24.5. The Morgan fingerprint density at radius 3 is 1.27 bits per heavy atom. The lowest BCUT2D eigenvalue weighted by atomic mass is 10.0. The molecule has 0 spiro atoms. The Morgan fingerprint density at radius 2 is 0.864 bits per heavy atom. The SMILES string of the molecule is Cc1cc(C2COC=N2)ccc1NC(=O)c1ccc(Nc2s[nH]c(=O)c2C(N)=NCCC(C)C)cc1Cl.Cc1cc(Nc2s[nH]c(=O)c2C(N)=NC(C)CO)ccc1C(=O)Nc1c(C)cccc1Cl.Cc1cccc(Cl)c1NC(=O)c1ccc(Nc2s[nH]c(=O)c2C(N)=NC(C)C(C)O)cc1Cl.Cc1cccc(Cl)c1NC(=O)c1ccc(Nc2s[nH]c(=O)c2C(N)=NC(C)C)cc1. The summed E-state index contributed by atoms with van der Waals surface area (Å²) in [4.78, 5) is 121. The van der Waals surface area contributed by atoms with Crippen LogP contribution in [0.2, 0.25) is 25.1 Å². The highest BCUT2D eigenvalue weighted by Crippen LogP contribution is 2.36. The fourth-order valence-electron chi connectivity index (χ4n) is 12.5. The van der Waals surface area contributed by atoms with Crippen molar-refractivity contribution in [3.05, 3.63) is 296 Å². The molecule has 0 radical (unpaired) electrons. The largest absolute Gasteiger partial charge is 0.481 e. The highest BCUT2D eigenvalue weighted by Gasteiger charge is 2.25. The van der Waals surface area contributed by atoms with Gasteiger partial charge in [-0.15, -0.1) is 0 Å². The summed E-state index contributed by atoms with van der Waals surface area (Å²) >= 11 is 35.8. The minimum Gasteiger partial charge on any atom is -0.481 e. The third-order valence-electron chi connectivity index (χ3n) is 19.8. The number of nitrogens with two attached hydrogens (primary N) is 4. The predicted octanol–water partition coefficient (Wildman–Crippen LogP) is 18.1. The van der Waals surface area contributed by atoms with E-state index in [1.54, 1.807) is 124 Å². The summed E-state index contributed by atoms with van der Waals surface area (Å²) in [6.07, 6.45) is 1.62. The second kappa shape index (κ2) is 46.9. The number of aromatic nitrogens is 4. The minimum atomic E-state index is -0.718. The fraction of sp³-hybridized carbons (Fsp3) is 0.242. The molecule has 0 fully saturated rings. The second-order valence-electron chi connectivity index (χ2n) is 30.8. The van der Waals surface area contributed by atoms with Gasteiger partial charge < -0.3 is 80.4 Å². The van der Waals surface area contributed by atoms with E-state index < -0.39 is 29.7 Å². The van der Waals surface area contributed by atoms with Gasteiger partial charge in [0, 0.05) is 52.2 Å². The number of amidine groups is 4. The Labute approximate surface area is 800 Å². The van der Waals surface area contributed by atoms with E-state index in [-0.39, 0.29) is 103 Å². The first-order chi connectivity index (χ1) is 62.8. The molecule has 8 aromatic carbocycles. The molecule has 12 aromatic rings. The maximum Gasteiger partial charge on any atom is 0.271 e. The number of anilines is 12. The van der Waals surface area contributed by atoms with Gasteiger partial charge in [-0.25, -0.2) is 4.99 Å². The zero-order chi connectivity index (χ0) is 96.1. The van der Waals surface area contributed by atoms with Gasteiger partial charge in [-0.3, -0.25) is 75.8 Å². The van der Waals surface area contributed by atoms with Crippen molar-refractivity contribution in [2.45, 2.75) is 120 Å². The first-order valence-corrected chi connectivity index (χ1v) is 46.0. The number of aliphatic hydroxyl groups is 2. The van der Waals surface area contributed by atoms with Gasteiger partial charge in [-0.2, -0.15) is 0 Å². The third kappa shape index (κ3) is 27.0. The number of carbonyl (C=O) groups excluding carboxylic acids is 4. The van der Waals surface area contributed by atoms with Gasteiger partial charge in [0.1, 0.15) is 78.2 Å². The molecule has 4 unspecified atom stereocenters. The van der Waals surface area contributed by atoms with E-state index in [1.807, 2.05) is 97.0 Å². The second-order valence-corrected chi connectivity index (χ2v) is 36.1. The maximum absolute atomic E-state index is 13.0. The molecule has 5 heterocycles. The molecule has 4 amide bonds. The van der Waals surface area contributed by atoms with Crippen LogP contribution >= 0.6 is 104 Å². The van der Waals surface area contributed by atoms with Crippen molar-refractivity contribution in [2.75, 3.05) is 62.3 Å². The Bertz CT molecular complexity index is 6570. The quantitative estimate of drug-likeness (QED) is 0.0153. The molecule has 0 saturated heterocycles. The van der Waals surface area contributed by atoms with Crippen molar-refractivity contribution in [2.24, 2.45) is 53.8 Å². The van der Waals surface area contributed by atoms with Crippen LogP contribution < -0.4 is 87.7 Å². The molecule has 13 rings (SSSR count). The molecular weight excluding hydrogens is 1870 g/mol. The van der Waals surface area contributed by atoms with Crippen molar-refractivity contribution in [3.63, 3.8) is 0 Å². The van der Waals surface area contributed by atoms with Gasteiger partial charge in [0.2, 0.25) is 0 Å². The van der Waals surface area contributed by atoms with Gasteiger partial charge in [0.05, 0.1) is 78.1 Å². The minimum absolute atomic E-state index is 0.00519. The van der Waals surface area contributed by atoms with Crippen LogP contribution in [0.5, 0.6) is 0 Å². The molecule has 41 heteroatoms. The Morgan fingerprint density at radius 1 is 0.462 bits per heavy atom. The van der Waals surface area contributed by atoms with Gasteiger partial charge in [-0.05, 0) is 264 Å². The molecule has 32 nitrogen and oxygen atoms in total. The number of rotatable bonds is 29. The lowest BCUT2D eigenvalue weighted by Gasteiger charge is -2.13. The van der Waals surface area contributed by atoms with E-state index in [2.05, 4.69) is 98.8 Å². The van der Waals surface area contributed by atoms with E-state index in [9.17, 15) is 48.6 Å². The van der Waals surface area contributed by atoms with Gasteiger partial charge in [0.25, 0.3) is 45.9 Å². The molecule has 0 aliphatic carbocycles. The van der Waals surface area contributed by atoms with Crippen LogP contribution in [0.3, 0.4) is 0 Å². The normalized spacial score (nSPS) is 13.3. The Hall–Kier alpha value is -12.7. The van der Waals surface area contributed by atoms with Crippen LogP contribution in [-0.4, -0.2) is 125 Å². The lowest BCUT2D eigenvalue weighted by molar-refractivity contribution is 0.101. The summed E-state index contributed by atoms with van der Waals surface area (Å²) in [7, 11) is 0. The number of halogens is 5. The van der Waals surface area contributed by atoms with E-state index in [1.165, 1.54) is 6.40 Å². The zero-order valence-electron chi connectivity index (χ0n) is 73.4. The molecule has 4 atom stereocenters. The van der Waals surface area contributed by atoms with Crippen LogP contribution in [0.1, 0.15) is 158 Å². The Balaban J connectivity index is 0.000000183. The predicted molar refractivity (Wildman–Crippen MR) is 542 cm³/mol. The molecule has 0 saturated carbocycles. The number of hydrogen-bond donors (Lipinski definition) is 18. The Kier molecular flexibility index (Phi) is 36.0. The average molecular weight is 1970 g/mol. The number of hydrogen-bond acceptors (Lipinski definition) is 24. The van der Waals surface area contributed by atoms with Crippen LogP contribution in [0.25, 0.3) is 0 Å². The number of benzene rings is 8. The number of para-hydroxylation sites is 3. The first kappa shape index (κ1) is 101. The van der Waals surface area contributed by atoms with E-state index in [4.69, 9.17) is 85.7 Å². The number of H-pyrrole nitrogens is 4. The summed E-state index contributed by atoms with van der Waals surface area (Å²) in [5, 5.41) is 46.6. The number of amides is 4. The van der Waals surface area contributed by atoms with Crippen molar-refractivity contribution in [1.29, 1.82) is 0 Å². The number of nitrogens with zero attached hydrogens (tertiary/aromatic N) is 5. The van der Waals surface area contributed by atoms with Crippen molar-refractivity contribution in [1.82, 2.24) is 17.5 Å². The van der Waals surface area contributed by atoms with Crippen LogP contribution in [0.4, 0.5) is 65.5 Å². The topological polar surface area (TPSA) is 512 Å². The number of aromatic amines is 4. The van der Waals surface area contributed by atoms with Crippen LogP contribution in [-0.2, 0) is 4.74 Å². The summed E-state index contributed by atoms with van der Waals surface area (Å²) in [6, 6.07) is 42.8. The standard InChI is InChI=1S/C26H29ClN6O3S.C22H23Cl2N5O3S.C22H24ClN5O3S.C21H22ClN5O2S/c1-14(2)8-9-29-23(28)22-25(35)33-37-26(22)31-17-5-6-18(19(27)11-17)24(34)32-20-7-4-16(10-15(20)3)21-12-36-13-30-21;1-10-5-4-6-15(23)18(10)28-20(31)14-8-7-13(9-16(14)24)27-22-17(21(32)29-33-22)19(25)26-11(2)12(3)30;1-11-5-4-6-16(23)18(11)27-20(30)15-8-7-14(9-12(15)2)26-22-17(21(31)28-32-22)19(24)25-13(3)10-29;1-11(2)24-18(23)16-20(29)27-30-21(16)25-14-9-7-13(8-10-14)19(28)26-17-12(3)5-4-6-15(17)22/h4-7,10-11,13-14,21,31H,8-9,12H2,1-3H3,(H2,28,29)(H,32,34)(H,33,35);4-9,11-12,27,30H,1-3H3,(H2,25,26)(H,28,31)(H,29,32);4-9,13,26,29H,10H2,1-3H3,(H2,24,25)(H,27,30)(H,28,31);4-11,25H,1-3H3,(H2,23,24)(H,26,28)(H,27,29). The first-order valence-electron chi connectivity index (χ1n) is 40.9. The van der Waals surface area contributed by atoms with E-state index in [0.29, 0.717) is 127 Å². The molecule has 1 aliphatic rings. The van der Waals surface area contributed by atoms with Crippen molar-refractivity contribution in [3.8, 4) is 0 Å². The summed E-state index contributed by atoms with van der Waals surface area (Å²) in [6.45, 7) is 23.1. The van der Waals surface area contributed by atoms with Gasteiger partial charge in [-0.1, -0.05) is 120 Å². The highest BCUT2D eigenvalue weighted by atomic mass is 35.5. The van der Waals surface area contributed by atoms with Crippen LogP contribution in [0, 0.1) is 40.5 Å². The maximum atomic E-state index is 13.0. The van der Waals surface area contributed by atoms with E-state index >= 15 is 0 Å². The summed E-state index contributed by atoms with van der Waals surface area (Å²) < 4.78 is 15.8. The van der Waals surface area contributed by atoms with Gasteiger partial charge in [0.15, 0.2) is 6.40 Å². The number of aryl methyl sites for hydroxylation is 5. The van der Waals surface area contributed by atoms with E-state index in [0.717, 1.165) is 85.9 Å². The monoisotopic (exact) mass is 1960 g/mol. The molecule has 1 aliphatic heterocycles. The average Bonchev–Trinajstić information content (AvgIpc) is 1.58. The number of aliphatic imine (C=N–C) groups is 5. The highest BCUT2D eigenvalue weighted by molar-refractivity contribution is 7.11. The van der Waals surface area contributed by atoms with Crippen LogP contribution in [0.15, 0.2) is 196 Å². The molecule has 692 valence electrons. The number of nitrogens with one attached hydrogen (secondary N) is 12.